The number of likely N-dealkylation sites (N-methyl/N-ethyl adjacent to an activating group) is 1. The highest BCUT2D eigenvalue weighted by Crippen LogP contribution is 2.27. The Bertz CT molecular complexity index is 497. The third kappa shape index (κ3) is 3.01. The highest BCUT2D eigenvalue weighted by Gasteiger charge is 2.05. The molecule has 2 rings (SSSR count). The number of rotatable bonds is 4. The van der Waals surface area contributed by atoms with Gasteiger partial charge in [-0.1, -0.05) is 11.3 Å². The van der Waals surface area contributed by atoms with Crippen LogP contribution in [0.2, 0.25) is 0 Å². The molecule has 0 spiro atoms. The molecule has 0 atom stereocenters. The lowest BCUT2D eigenvalue weighted by molar-refractivity contribution is -0.118. The van der Waals surface area contributed by atoms with E-state index < -0.39 is 0 Å². The van der Waals surface area contributed by atoms with Crippen molar-refractivity contribution in [3.8, 4) is 10.4 Å². The van der Waals surface area contributed by atoms with Crippen LogP contribution in [-0.2, 0) is 4.79 Å². The first-order chi connectivity index (χ1) is 8.29. The van der Waals surface area contributed by atoms with Gasteiger partial charge < -0.3 is 10.6 Å². The van der Waals surface area contributed by atoms with E-state index in [0.717, 1.165) is 15.6 Å². The molecule has 0 saturated heterocycles. The van der Waals surface area contributed by atoms with Gasteiger partial charge in [0.1, 0.15) is 0 Å². The molecule has 2 N–H and O–H groups in total. The number of anilines is 1. The number of aromatic nitrogens is 2. The maximum atomic E-state index is 11.1. The second-order valence-electron chi connectivity index (χ2n) is 3.29. The molecule has 17 heavy (non-hydrogen) atoms. The summed E-state index contributed by atoms with van der Waals surface area (Å²) in [5.41, 5.74) is 1.07. The zero-order valence-electron chi connectivity index (χ0n) is 9.30. The van der Waals surface area contributed by atoms with Gasteiger partial charge in [0.15, 0.2) is 5.13 Å². The molecule has 2 aromatic rings. The lowest BCUT2D eigenvalue weighted by atomic mass is 10.2. The standard InChI is InChI=1S/C11H12N4OS/c1-12-10(16)7-15-11-14-6-9(17-11)8-2-4-13-5-3-8/h2-6H,7H2,1H3,(H,12,16)(H,14,15). The van der Waals surface area contributed by atoms with Crippen LogP contribution in [0.25, 0.3) is 10.4 Å². The van der Waals surface area contributed by atoms with Gasteiger partial charge in [-0.25, -0.2) is 4.98 Å². The number of carbonyl (C=O) groups is 1. The van der Waals surface area contributed by atoms with Crippen LogP contribution >= 0.6 is 11.3 Å². The van der Waals surface area contributed by atoms with E-state index in [1.165, 1.54) is 11.3 Å². The molecule has 0 radical (unpaired) electrons. The fraction of sp³-hybridized carbons (Fsp3) is 0.182. The molecule has 0 saturated carbocycles. The molecule has 2 heterocycles. The number of nitrogens with one attached hydrogen (secondary N) is 2. The summed E-state index contributed by atoms with van der Waals surface area (Å²) < 4.78 is 0. The monoisotopic (exact) mass is 248 g/mol. The number of hydrogen-bond acceptors (Lipinski definition) is 5. The number of nitrogens with zero attached hydrogens (tertiary/aromatic N) is 2. The van der Waals surface area contributed by atoms with Crippen molar-refractivity contribution in [1.29, 1.82) is 0 Å². The highest BCUT2D eigenvalue weighted by atomic mass is 32.1. The highest BCUT2D eigenvalue weighted by molar-refractivity contribution is 7.18. The molecule has 88 valence electrons. The van der Waals surface area contributed by atoms with Crippen molar-refractivity contribution in [2.45, 2.75) is 0 Å². The Balaban J connectivity index is 2.04. The predicted molar refractivity (Wildman–Crippen MR) is 67.9 cm³/mol. The fourth-order valence-corrected chi connectivity index (χ4v) is 2.07. The van der Waals surface area contributed by atoms with E-state index in [1.54, 1.807) is 25.6 Å². The first-order valence-electron chi connectivity index (χ1n) is 5.10. The molecular formula is C11H12N4OS. The Morgan fingerprint density at radius 3 is 2.88 bits per heavy atom. The van der Waals surface area contributed by atoms with Crippen molar-refractivity contribution in [3.05, 3.63) is 30.7 Å². The summed E-state index contributed by atoms with van der Waals surface area (Å²) in [5, 5.41) is 6.24. The Labute approximate surface area is 103 Å². The van der Waals surface area contributed by atoms with Crippen molar-refractivity contribution in [2.24, 2.45) is 0 Å². The van der Waals surface area contributed by atoms with Gasteiger partial charge in [0, 0.05) is 25.6 Å². The molecule has 1 amide bonds. The zero-order chi connectivity index (χ0) is 12.1. The van der Waals surface area contributed by atoms with Gasteiger partial charge in [-0.15, -0.1) is 0 Å². The second-order valence-corrected chi connectivity index (χ2v) is 4.32. The summed E-state index contributed by atoms with van der Waals surface area (Å²) in [6.45, 7) is 0.236. The van der Waals surface area contributed by atoms with Crippen molar-refractivity contribution < 1.29 is 4.79 Å². The molecule has 0 unspecified atom stereocenters. The number of carbonyl (C=O) groups excluding carboxylic acids is 1. The summed E-state index contributed by atoms with van der Waals surface area (Å²) in [5.74, 6) is -0.0642. The van der Waals surface area contributed by atoms with E-state index in [0.29, 0.717) is 0 Å². The first-order valence-corrected chi connectivity index (χ1v) is 5.92. The topological polar surface area (TPSA) is 66.9 Å². The number of hydrogen-bond donors (Lipinski definition) is 2. The van der Waals surface area contributed by atoms with Crippen LogP contribution in [0.1, 0.15) is 0 Å². The van der Waals surface area contributed by atoms with Gasteiger partial charge in [-0.05, 0) is 17.7 Å². The summed E-state index contributed by atoms with van der Waals surface area (Å²) in [4.78, 5) is 20.3. The zero-order valence-corrected chi connectivity index (χ0v) is 10.1. The Morgan fingerprint density at radius 2 is 2.18 bits per heavy atom. The van der Waals surface area contributed by atoms with Gasteiger partial charge in [-0.2, -0.15) is 0 Å². The molecule has 0 fully saturated rings. The van der Waals surface area contributed by atoms with Crippen LogP contribution in [0.5, 0.6) is 0 Å². The summed E-state index contributed by atoms with van der Waals surface area (Å²) in [6, 6.07) is 3.85. The average Bonchev–Trinajstić information content (AvgIpc) is 2.86. The van der Waals surface area contributed by atoms with E-state index in [-0.39, 0.29) is 12.5 Å². The van der Waals surface area contributed by atoms with Crippen molar-refractivity contribution >= 4 is 22.4 Å². The molecule has 0 aliphatic rings. The molecule has 0 aliphatic heterocycles. The maximum Gasteiger partial charge on any atom is 0.239 e. The van der Waals surface area contributed by atoms with Gasteiger partial charge in [0.05, 0.1) is 11.4 Å². The molecule has 0 aliphatic carbocycles. The Kier molecular flexibility index (Phi) is 3.66. The quantitative estimate of drug-likeness (QED) is 0.857. The fourth-order valence-electron chi connectivity index (χ4n) is 1.25. The first kappa shape index (κ1) is 11.5. The second kappa shape index (κ2) is 5.40. The predicted octanol–water partition coefficient (Wildman–Crippen LogP) is 1.36. The smallest absolute Gasteiger partial charge is 0.239 e. The lowest BCUT2D eigenvalue weighted by Gasteiger charge is -1.99. The molecule has 6 heteroatoms. The molecule has 0 bridgehead atoms. The largest absolute Gasteiger partial charge is 0.358 e. The van der Waals surface area contributed by atoms with Crippen molar-refractivity contribution in [3.63, 3.8) is 0 Å². The minimum absolute atomic E-state index is 0.0642. The van der Waals surface area contributed by atoms with E-state index in [2.05, 4.69) is 20.6 Å². The van der Waals surface area contributed by atoms with Gasteiger partial charge in [0.25, 0.3) is 0 Å². The minimum atomic E-state index is -0.0642. The maximum absolute atomic E-state index is 11.1. The van der Waals surface area contributed by atoms with Crippen molar-refractivity contribution in [2.75, 3.05) is 18.9 Å². The molecule has 5 nitrogen and oxygen atoms in total. The van der Waals surface area contributed by atoms with Crippen molar-refractivity contribution in [1.82, 2.24) is 15.3 Å². The van der Waals surface area contributed by atoms with Crippen LogP contribution in [0.4, 0.5) is 5.13 Å². The summed E-state index contributed by atoms with van der Waals surface area (Å²) in [6.07, 6.45) is 5.27. The molecule has 2 aromatic heterocycles. The van der Waals surface area contributed by atoms with E-state index >= 15 is 0 Å². The SMILES string of the molecule is CNC(=O)CNc1ncc(-c2ccncc2)s1. The van der Waals surface area contributed by atoms with Crippen LogP contribution in [-0.4, -0.2) is 29.5 Å². The van der Waals surface area contributed by atoms with E-state index in [9.17, 15) is 4.79 Å². The minimum Gasteiger partial charge on any atom is -0.358 e. The van der Waals surface area contributed by atoms with Crippen LogP contribution in [0.15, 0.2) is 30.7 Å². The van der Waals surface area contributed by atoms with Gasteiger partial charge in [0.2, 0.25) is 5.91 Å². The average molecular weight is 248 g/mol. The van der Waals surface area contributed by atoms with Crippen LogP contribution in [0, 0.1) is 0 Å². The Morgan fingerprint density at radius 1 is 1.41 bits per heavy atom. The van der Waals surface area contributed by atoms with Crippen LogP contribution < -0.4 is 10.6 Å². The Hall–Kier alpha value is -1.95. The van der Waals surface area contributed by atoms with E-state index in [1.807, 2.05) is 12.1 Å². The van der Waals surface area contributed by atoms with Gasteiger partial charge in [-0.3, -0.25) is 9.78 Å². The summed E-state index contributed by atoms with van der Waals surface area (Å²) in [7, 11) is 1.61. The number of amides is 1. The van der Waals surface area contributed by atoms with Crippen LogP contribution in [0.3, 0.4) is 0 Å². The summed E-state index contributed by atoms with van der Waals surface area (Å²) >= 11 is 1.51. The number of pyridine rings is 1. The normalized spacial score (nSPS) is 9.94. The lowest BCUT2D eigenvalue weighted by Crippen LogP contribution is -2.26. The number of thiazole rings is 1. The van der Waals surface area contributed by atoms with E-state index in [4.69, 9.17) is 0 Å². The molecular weight excluding hydrogens is 236 g/mol. The molecule has 0 aromatic carbocycles. The third-order valence-electron chi connectivity index (χ3n) is 2.15. The third-order valence-corrected chi connectivity index (χ3v) is 3.15. The van der Waals surface area contributed by atoms with Gasteiger partial charge >= 0.3 is 0 Å².